The molecule has 164 valence electrons. The smallest absolute Gasteiger partial charge is 0.241 e. The summed E-state index contributed by atoms with van der Waals surface area (Å²) in [5, 5.41) is 0.378. The molecule has 1 unspecified atom stereocenters. The third-order valence-corrected chi connectivity index (χ3v) is 6.31. The van der Waals surface area contributed by atoms with Gasteiger partial charge in [0.15, 0.2) is 0 Å². The number of aryl methyl sites for hydroxylation is 1. The fourth-order valence-electron chi connectivity index (χ4n) is 4.28. The van der Waals surface area contributed by atoms with E-state index in [9.17, 15) is 4.79 Å². The topological polar surface area (TPSA) is 48.4 Å². The molecule has 2 aliphatic heterocycles. The number of hydrogen-bond donors (Lipinski definition) is 0. The molecule has 31 heavy (non-hydrogen) atoms. The van der Waals surface area contributed by atoms with Crippen LogP contribution in [0.4, 0.5) is 5.69 Å². The van der Waals surface area contributed by atoms with Crippen molar-refractivity contribution in [3.8, 4) is 0 Å². The first kappa shape index (κ1) is 21.7. The number of ether oxygens (including phenoxy) is 1. The van der Waals surface area contributed by atoms with Gasteiger partial charge in [-0.2, -0.15) is 0 Å². The molecule has 1 atom stereocenters. The minimum absolute atomic E-state index is 0.0312. The van der Waals surface area contributed by atoms with Gasteiger partial charge in [-0.25, -0.2) is 4.99 Å². The fourth-order valence-corrected chi connectivity index (χ4v) is 4.56. The van der Waals surface area contributed by atoms with Gasteiger partial charge in [-0.1, -0.05) is 12.1 Å². The number of aliphatic imine (C=N–C) groups is 1. The summed E-state index contributed by atoms with van der Waals surface area (Å²) in [6, 6.07) is 8.52. The number of benzene rings is 1. The number of allylic oxidation sites excluding steroid dienone is 2. The van der Waals surface area contributed by atoms with Crippen molar-refractivity contribution in [1.29, 1.82) is 0 Å². The molecule has 0 bridgehead atoms. The van der Waals surface area contributed by atoms with Crippen molar-refractivity contribution in [3.63, 3.8) is 0 Å². The lowest BCUT2D eigenvalue weighted by Gasteiger charge is -2.35. The van der Waals surface area contributed by atoms with Crippen LogP contribution in [-0.2, 0) is 9.53 Å². The lowest BCUT2D eigenvalue weighted by atomic mass is 9.93. The number of thiocarbonyl (C=S) groups is 1. The second-order valence-corrected chi connectivity index (χ2v) is 8.45. The Hall–Kier alpha value is -2.51. The fraction of sp³-hybridized carbons (Fsp3) is 0.458. The number of nitrogens with zero attached hydrogens (tertiary/aromatic N) is 4. The predicted octanol–water partition coefficient (Wildman–Crippen LogP) is 3.18. The Morgan fingerprint density at radius 2 is 2.06 bits per heavy atom. The average Bonchev–Trinajstić information content (AvgIpc) is 2.79. The third kappa shape index (κ3) is 4.88. The van der Waals surface area contributed by atoms with Gasteiger partial charge in [-0.05, 0) is 68.4 Å². The molecule has 0 N–H and O–H groups in total. The summed E-state index contributed by atoms with van der Waals surface area (Å²) in [5.74, 6) is -0.322. The lowest BCUT2D eigenvalue weighted by molar-refractivity contribution is -0.128. The van der Waals surface area contributed by atoms with Gasteiger partial charge >= 0.3 is 0 Å². The van der Waals surface area contributed by atoms with Crippen LogP contribution in [0, 0.1) is 12.8 Å². The zero-order valence-electron chi connectivity index (χ0n) is 18.3. The summed E-state index contributed by atoms with van der Waals surface area (Å²) in [5.41, 5.74) is 4.28. The predicted molar refractivity (Wildman–Crippen MR) is 129 cm³/mol. The van der Waals surface area contributed by atoms with E-state index in [0.29, 0.717) is 11.7 Å². The number of hydrogen-bond acceptors (Lipinski definition) is 5. The molecule has 7 heteroatoms. The van der Waals surface area contributed by atoms with Crippen LogP contribution in [-0.4, -0.2) is 72.5 Å². The average molecular weight is 439 g/mol. The van der Waals surface area contributed by atoms with Crippen LogP contribution in [0.15, 0.2) is 53.2 Å². The van der Waals surface area contributed by atoms with Crippen LogP contribution >= 0.6 is 12.2 Å². The van der Waals surface area contributed by atoms with E-state index in [1.807, 2.05) is 18.2 Å². The van der Waals surface area contributed by atoms with Gasteiger partial charge in [0.05, 0.1) is 18.9 Å². The standard InChI is InChI=1S/C24H30N4O2S/c1-3-26(19-7-4-6-18(2)16-19)10-5-11-28-23(29)21-17-20(27-12-14-30-15-13-27)8-9-22(21)25-24(28)31/h4,6-9,16-17,21H,3,5,10-15H2,1-2H3. The highest BCUT2D eigenvalue weighted by Gasteiger charge is 2.35. The molecule has 1 aromatic rings. The maximum atomic E-state index is 13.3. The molecule has 4 rings (SSSR count). The van der Waals surface area contributed by atoms with Crippen LogP contribution in [0.1, 0.15) is 18.9 Å². The summed E-state index contributed by atoms with van der Waals surface area (Å²) in [7, 11) is 0. The van der Waals surface area contributed by atoms with Crippen LogP contribution in [0.2, 0.25) is 0 Å². The van der Waals surface area contributed by atoms with Gasteiger partial charge < -0.3 is 14.5 Å². The molecule has 1 saturated heterocycles. The Balaban J connectivity index is 1.41. The number of amides is 1. The molecule has 1 amide bonds. The second-order valence-electron chi connectivity index (χ2n) is 8.08. The summed E-state index contributed by atoms with van der Waals surface area (Å²) >= 11 is 5.47. The van der Waals surface area contributed by atoms with E-state index < -0.39 is 0 Å². The largest absolute Gasteiger partial charge is 0.378 e. The third-order valence-electron chi connectivity index (χ3n) is 6.00. The van der Waals surface area contributed by atoms with Crippen molar-refractivity contribution >= 4 is 34.6 Å². The normalized spacial score (nSPS) is 21.0. The van der Waals surface area contributed by atoms with Crippen LogP contribution in [0.3, 0.4) is 0 Å². The molecule has 2 heterocycles. The molecule has 0 radical (unpaired) electrons. The SMILES string of the molecule is CCN(CCCN1C(=O)C2C=C(N3CCOCC3)C=CC2=NC1=S)c1cccc(C)c1. The lowest BCUT2D eigenvalue weighted by Crippen LogP contribution is -2.47. The Morgan fingerprint density at radius 3 is 2.81 bits per heavy atom. The van der Waals surface area contributed by atoms with Crippen molar-refractivity contribution in [2.24, 2.45) is 10.9 Å². The summed E-state index contributed by atoms with van der Waals surface area (Å²) in [6.07, 6.45) is 6.84. The minimum atomic E-state index is -0.353. The molecule has 3 aliphatic rings. The Morgan fingerprint density at radius 1 is 1.26 bits per heavy atom. The van der Waals surface area contributed by atoms with Crippen molar-refractivity contribution in [1.82, 2.24) is 9.80 Å². The first-order chi connectivity index (χ1) is 15.1. The molecule has 0 spiro atoms. The molecule has 6 nitrogen and oxygen atoms in total. The molecule has 1 aliphatic carbocycles. The monoisotopic (exact) mass is 438 g/mol. The van der Waals surface area contributed by atoms with E-state index in [0.717, 1.165) is 57.2 Å². The molecule has 0 saturated carbocycles. The highest BCUT2D eigenvalue weighted by Crippen LogP contribution is 2.25. The van der Waals surface area contributed by atoms with Gasteiger partial charge in [0.25, 0.3) is 0 Å². The van der Waals surface area contributed by atoms with E-state index in [4.69, 9.17) is 17.0 Å². The number of rotatable bonds is 7. The maximum absolute atomic E-state index is 13.3. The van der Waals surface area contributed by atoms with Gasteiger partial charge in [0, 0.05) is 44.1 Å². The first-order valence-electron chi connectivity index (χ1n) is 11.0. The van der Waals surface area contributed by atoms with Crippen molar-refractivity contribution < 1.29 is 9.53 Å². The van der Waals surface area contributed by atoms with E-state index in [1.165, 1.54) is 11.3 Å². The van der Waals surface area contributed by atoms with E-state index in [2.05, 4.69) is 52.9 Å². The molecule has 0 aromatic heterocycles. The summed E-state index contributed by atoms with van der Waals surface area (Å²) < 4.78 is 5.45. The minimum Gasteiger partial charge on any atom is -0.378 e. The quantitative estimate of drug-likeness (QED) is 0.612. The Labute approximate surface area is 189 Å². The highest BCUT2D eigenvalue weighted by molar-refractivity contribution is 7.80. The highest BCUT2D eigenvalue weighted by atomic mass is 32.1. The van der Waals surface area contributed by atoms with Gasteiger partial charge in [-0.15, -0.1) is 0 Å². The molecular weight excluding hydrogens is 408 g/mol. The Kier molecular flexibility index (Phi) is 6.83. The number of carbonyl (C=O) groups is 1. The van der Waals surface area contributed by atoms with Crippen LogP contribution in [0.25, 0.3) is 0 Å². The zero-order chi connectivity index (χ0) is 21.8. The van der Waals surface area contributed by atoms with Crippen molar-refractivity contribution in [2.45, 2.75) is 20.3 Å². The first-order valence-corrected chi connectivity index (χ1v) is 11.5. The van der Waals surface area contributed by atoms with Gasteiger partial charge in [-0.3, -0.25) is 9.69 Å². The number of fused-ring (bicyclic) bond motifs is 1. The summed E-state index contributed by atoms with van der Waals surface area (Å²) in [4.78, 5) is 24.1. The second kappa shape index (κ2) is 9.75. The van der Waals surface area contributed by atoms with Crippen LogP contribution < -0.4 is 4.90 Å². The van der Waals surface area contributed by atoms with E-state index in [1.54, 1.807) is 4.90 Å². The molecular formula is C24H30N4O2S. The number of morpholine rings is 1. The van der Waals surface area contributed by atoms with E-state index >= 15 is 0 Å². The van der Waals surface area contributed by atoms with Gasteiger partial charge in [0.2, 0.25) is 11.0 Å². The molecule has 1 aromatic carbocycles. The van der Waals surface area contributed by atoms with Crippen molar-refractivity contribution in [2.75, 3.05) is 50.8 Å². The van der Waals surface area contributed by atoms with Crippen LogP contribution in [0.5, 0.6) is 0 Å². The van der Waals surface area contributed by atoms with Gasteiger partial charge in [0.1, 0.15) is 5.92 Å². The van der Waals surface area contributed by atoms with E-state index in [-0.39, 0.29) is 11.8 Å². The zero-order valence-corrected chi connectivity index (χ0v) is 19.1. The number of carbonyl (C=O) groups excluding carboxylic acids is 1. The Bertz CT molecular complexity index is 933. The maximum Gasteiger partial charge on any atom is 0.241 e. The summed E-state index contributed by atoms with van der Waals surface area (Å²) in [6.45, 7) is 9.75. The van der Waals surface area contributed by atoms with Crippen molar-refractivity contribution in [3.05, 3.63) is 53.8 Å². The number of anilines is 1. The molecule has 1 fully saturated rings.